The molecule has 2 N–H and O–H groups in total. The van der Waals surface area contributed by atoms with E-state index in [9.17, 15) is 14.7 Å². The summed E-state index contributed by atoms with van der Waals surface area (Å²) in [6.07, 6.45) is 0.00666. The van der Waals surface area contributed by atoms with Crippen LogP contribution in [0.5, 0.6) is 0 Å². The Balaban J connectivity index is 2.34. The zero-order valence-electron chi connectivity index (χ0n) is 9.47. The summed E-state index contributed by atoms with van der Waals surface area (Å²) in [4.78, 5) is 24.2. The molecule has 0 bridgehead atoms. The fraction of sp³-hybridized carbons (Fsp3) is 0.333. The predicted molar refractivity (Wildman–Crippen MR) is 68.2 cm³/mol. The highest BCUT2D eigenvalue weighted by atomic mass is 79.9. The summed E-state index contributed by atoms with van der Waals surface area (Å²) in [7, 11) is 0. The maximum Gasteiger partial charge on any atom is 0.308 e. The molecule has 1 aromatic carbocycles. The smallest absolute Gasteiger partial charge is 0.308 e. The van der Waals surface area contributed by atoms with Crippen molar-refractivity contribution in [3.63, 3.8) is 0 Å². The lowest BCUT2D eigenvalue weighted by Crippen LogP contribution is -2.26. The zero-order chi connectivity index (χ0) is 13.3. The normalized spacial score (nSPS) is 19.3. The number of aliphatic hydroxyl groups excluding tert-OH is 1. The topological polar surface area (TPSA) is 77.8 Å². The van der Waals surface area contributed by atoms with Crippen molar-refractivity contribution >= 4 is 33.5 Å². The zero-order valence-corrected chi connectivity index (χ0v) is 11.1. The van der Waals surface area contributed by atoms with E-state index in [1.54, 1.807) is 18.2 Å². The molecule has 0 aliphatic carbocycles. The van der Waals surface area contributed by atoms with E-state index >= 15 is 0 Å². The molecule has 18 heavy (non-hydrogen) atoms. The van der Waals surface area contributed by atoms with Gasteiger partial charge in [0.05, 0.1) is 18.2 Å². The standard InChI is InChI=1S/C12H12BrNO4/c13-9-2-1-7(6-15)10(4-9)14-5-8(12(17)18)3-11(14)16/h1-2,4,8,15H,3,5-6H2,(H,17,18). The highest BCUT2D eigenvalue weighted by molar-refractivity contribution is 9.10. The van der Waals surface area contributed by atoms with Gasteiger partial charge >= 0.3 is 5.97 Å². The van der Waals surface area contributed by atoms with Gasteiger partial charge in [0.1, 0.15) is 0 Å². The number of hydrogen-bond donors (Lipinski definition) is 2. The SMILES string of the molecule is O=C(O)C1CC(=O)N(c2cc(Br)ccc2CO)C1. The maximum atomic E-state index is 11.8. The number of carboxylic acids is 1. The number of carbonyl (C=O) groups excluding carboxylic acids is 1. The number of carboxylic acid groups (broad SMARTS) is 1. The molecule has 1 aromatic rings. The van der Waals surface area contributed by atoms with Crippen LogP contribution >= 0.6 is 15.9 Å². The fourth-order valence-corrected chi connectivity index (χ4v) is 2.38. The molecular formula is C12H12BrNO4. The average Bonchev–Trinajstić information content (AvgIpc) is 2.71. The van der Waals surface area contributed by atoms with E-state index in [1.165, 1.54) is 4.90 Å². The van der Waals surface area contributed by atoms with E-state index in [-0.39, 0.29) is 25.5 Å². The third kappa shape index (κ3) is 2.39. The van der Waals surface area contributed by atoms with Gasteiger partial charge in [0.2, 0.25) is 5.91 Å². The largest absolute Gasteiger partial charge is 0.481 e. The van der Waals surface area contributed by atoms with Gasteiger partial charge in [0.15, 0.2) is 0 Å². The van der Waals surface area contributed by atoms with Gasteiger partial charge in [-0.05, 0) is 12.1 Å². The first-order valence-electron chi connectivity index (χ1n) is 5.45. The summed E-state index contributed by atoms with van der Waals surface area (Å²) in [5, 5.41) is 18.2. The molecule has 0 saturated carbocycles. The average molecular weight is 314 g/mol. The monoisotopic (exact) mass is 313 g/mol. The van der Waals surface area contributed by atoms with Gasteiger partial charge in [-0.2, -0.15) is 0 Å². The Morgan fingerprint density at radius 1 is 1.50 bits per heavy atom. The van der Waals surface area contributed by atoms with Crippen molar-refractivity contribution in [3.05, 3.63) is 28.2 Å². The van der Waals surface area contributed by atoms with Crippen LogP contribution in [0.1, 0.15) is 12.0 Å². The van der Waals surface area contributed by atoms with Crippen molar-refractivity contribution in [2.24, 2.45) is 5.92 Å². The van der Waals surface area contributed by atoms with Crippen LogP contribution in [-0.2, 0) is 16.2 Å². The highest BCUT2D eigenvalue weighted by Crippen LogP contribution is 2.30. The maximum absolute atomic E-state index is 11.8. The van der Waals surface area contributed by atoms with Crippen molar-refractivity contribution in [3.8, 4) is 0 Å². The third-order valence-corrected chi connectivity index (χ3v) is 3.48. The van der Waals surface area contributed by atoms with Crippen LogP contribution in [0.15, 0.2) is 22.7 Å². The molecule has 1 aliphatic rings. The molecule has 0 spiro atoms. The molecule has 96 valence electrons. The second-order valence-electron chi connectivity index (χ2n) is 4.17. The van der Waals surface area contributed by atoms with Gasteiger partial charge in [-0.25, -0.2) is 0 Å². The third-order valence-electron chi connectivity index (χ3n) is 2.98. The molecule has 1 heterocycles. The van der Waals surface area contributed by atoms with E-state index < -0.39 is 11.9 Å². The Hall–Kier alpha value is -1.40. The molecule has 1 amide bonds. The minimum absolute atomic E-state index is 0.00666. The summed E-state index contributed by atoms with van der Waals surface area (Å²) in [5.41, 5.74) is 1.18. The number of aliphatic hydroxyl groups is 1. The van der Waals surface area contributed by atoms with E-state index in [0.29, 0.717) is 11.3 Å². The summed E-state index contributed by atoms with van der Waals surface area (Å²) < 4.78 is 0.779. The molecule has 5 nitrogen and oxygen atoms in total. The first-order chi connectivity index (χ1) is 8.52. The summed E-state index contributed by atoms with van der Waals surface area (Å²) in [5.74, 6) is -1.87. The molecule has 0 aromatic heterocycles. The van der Waals surface area contributed by atoms with Crippen molar-refractivity contribution in [2.45, 2.75) is 13.0 Å². The highest BCUT2D eigenvalue weighted by Gasteiger charge is 2.35. The molecule has 6 heteroatoms. The van der Waals surface area contributed by atoms with Crippen LogP contribution in [0.3, 0.4) is 0 Å². The quantitative estimate of drug-likeness (QED) is 0.883. The number of rotatable bonds is 3. The Kier molecular flexibility index (Phi) is 3.68. The molecular weight excluding hydrogens is 302 g/mol. The van der Waals surface area contributed by atoms with Crippen LogP contribution in [0, 0.1) is 5.92 Å². The Morgan fingerprint density at radius 3 is 2.78 bits per heavy atom. The molecule has 2 rings (SSSR count). The van der Waals surface area contributed by atoms with E-state index in [1.807, 2.05) is 0 Å². The molecule has 1 aliphatic heterocycles. The Bertz CT molecular complexity index is 503. The van der Waals surface area contributed by atoms with Crippen molar-refractivity contribution < 1.29 is 19.8 Å². The number of hydrogen-bond acceptors (Lipinski definition) is 3. The number of carbonyl (C=O) groups is 2. The van der Waals surface area contributed by atoms with Gasteiger partial charge in [0.25, 0.3) is 0 Å². The lowest BCUT2D eigenvalue weighted by molar-refractivity contribution is -0.141. The number of benzene rings is 1. The molecule has 1 saturated heterocycles. The van der Waals surface area contributed by atoms with Gasteiger partial charge in [-0.1, -0.05) is 22.0 Å². The van der Waals surface area contributed by atoms with Gasteiger partial charge in [-0.3, -0.25) is 9.59 Å². The Morgan fingerprint density at radius 2 is 2.22 bits per heavy atom. The number of aliphatic carboxylic acids is 1. The number of anilines is 1. The first-order valence-corrected chi connectivity index (χ1v) is 6.24. The van der Waals surface area contributed by atoms with E-state index in [4.69, 9.17) is 5.11 Å². The predicted octanol–water partition coefficient (Wildman–Crippen LogP) is 1.38. The van der Waals surface area contributed by atoms with Crippen molar-refractivity contribution in [1.29, 1.82) is 0 Å². The number of amides is 1. The van der Waals surface area contributed by atoms with E-state index in [2.05, 4.69) is 15.9 Å². The van der Waals surface area contributed by atoms with Crippen LogP contribution in [-0.4, -0.2) is 28.6 Å². The summed E-state index contributed by atoms with van der Waals surface area (Å²) in [6.45, 7) is -0.0399. The molecule has 1 atom stereocenters. The van der Waals surface area contributed by atoms with Crippen molar-refractivity contribution in [1.82, 2.24) is 0 Å². The first kappa shape index (κ1) is 13.0. The van der Waals surface area contributed by atoms with E-state index in [0.717, 1.165) is 4.47 Å². The van der Waals surface area contributed by atoms with Crippen LogP contribution in [0.4, 0.5) is 5.69 Å². The lowest BCUT2D eigenvalue weighted by atomic mass is 10.1. The van der Waals surface area contributed by atoms with Crippen molar-refractivity contribution in [2.75, 3.05) is 11.4 Å². The summed E-state index contributed by atoms with van der Waals surface area (Å²) in [6, 6.07) is 5.19. The van der Waals surface area contributed by atoms with Gasteiger partial charge < -0.3 is 15.1 Å². The number of halogens is 1. The fourth-order valence-electron chi connectivity index (χ4n) is 2.03. The molecule has 0 radical (unpaired) electrons. The minimum Gasteiger partial charge on any atom is -0.481 e. The van der Waals surface area contributed by atoms with Crippen LogP contribution in [0.2, 0.25) is 0 Å². The van der Waals surface area contributed by atoms with Gasteiger partial charge in [0, 0.05) is 23.0 Å². The molecule has 1 fully saturated rings. The second kappa shape index (κ2) is 5.07. The summed E-state index contributed by atoms with van der Waals surface area (Å²) >= 11 is 3.30. The lowest BCUT2D eigenvalue weighted by Gasteiger charge is -2.19. The van der Waals surface area contributed by atoms with Crippen LogP contribution < -0.4 is 4.90 Å². The second-order valence-corrected chi connectivity index (χ2v) is 5.09. The molecule has 1 unspecified atom stereocenters. The number of nitrogens with zero attached hydrogens (tertiary/aromatic N) is 1. The van der Waals surface area contributed by atoms with Gasteiger partial charge in [-0.15, -0.1) is 0 Å². The van der Waals surface area contributed by atoms with Crippen LogP contribution in [0.25, 0.3) is 0 Å². The minimum atomic E-state index is -0.966. The Labute approximate surface area is 112 Å².